The van der Waals surface area contributed by atoms with Crippen LogP contribution in [0.2, 0.25) is 0 Å². The number of ether oxygens (including phenoxy) is 2. The lowest BCUT2D eigenvalue weighted by molar-refractivity contribution is -0.385. The summed E-state index contributed by atoms with van der Waals surface area (Å²) in [6.45, 7) is 0. The van der Waals surface area contributed by atoms with Crippen molar-refractivity contribution in [1.82, 2.24) is 5.43 Å². The van der Waals surface area contributed by atoms with Crippen LogP contribution in [0.1, 0.15) is 0 Å². The lowest BCUT2D eigenvalue weighted by Crippen LogP contribution is -2.47. The fourth-order valence-electron chi connectivity index (χ4n) is 3.81. The number of anilines is 3. The zero-order valence-electron chi connectivity index (χ0n) is 23.0. The first-order valence-corrected chi connectivity index (χ1v) is 14.6. The van der Waals surface area contributed by atoms with Crippen LogP contribution in [0.4, 0.5) is 28.4 Å². The van der Waals surface area contributed by atoms with Crippen LogP contribution in [0.3, 0.4) is 0 Å². The van der Waals surface area contributed by atoms with E-state index < -0.39 is 88.1 Å². The molecule has 0 bridgehead atoms. The molecule has 0 aromatic heterocycles. The molecule has 46 heavy (non-hydrogen) atoms. The Bertz CT molecular complexity index is 1970. The van der Waals surface area contributed by atoms with Gasteiger partial charge < -0.3 is 23.2 Å². The van der Waals surface area contributed by atoms with Crippen molar-refractivity contribution in [2.45, 2.75) is 0 Å². The van der Waals surface area contributed by atoms with E-state index in [0.717, 1.165) is 19.3 Å². The van der Waals surface area contributed by atoms with Gasteiger partial charge in [0.05, 0.1) is 36.2 Å². The molecule has 22 nitrogen and oxygen atoms in total. The Labute approximate surface area is 257 Å². The summed E-state index contributed by atoms with van der Waals surface area (Å²) in [7, 11) is -8.56. The van der Waals surface area contributed by atoms with E-state index in [1.807, 2.05) is 0 Å². The van der Waals surface area contributed by atoms with Crippen LogP contribution in [-0.2, 0) is 25.6 Å². The number of rotatable bonds is 12. The van der Waals surface area contributed by atoms with Crippen LogP contribution >= 0.6 is 0 Å². The lowest BCUT2D eigenvalue weighted by atomic mass is 10.2. The number of nitro benzene ring substituents is 2. The summed E-state index contributed by atoms with van der Waals surface area (Å²) in [5.74, 6) is -4.36. The number of hydrogen-bond donors (Lipinski definition) is 4. The summed E-state index contributed by atoms with van der Waals surface area (Å²) in [6.07, 6.45) is 0. The molecule has 3 aromatic carbocycles. The zero-order valence-corrected chi connectivity index (χ0v) is 24.6. The van der Waals surface area contributed by atoms with Gasteiger partial charge in [0.25, 0.3) is 5.91 Å². The van der Waals surface area contributed by atoms with Crippen LogP contribution in [-0.4, -0.2) is 61.8 Å². The van der Waals surface area contributed by atoms with Crippen LogP contribution < -0.4 is 38.8 Å². The number of hydrogen-bond acceptors (Lipinski definition) is 17. The van der Waals surface area contributed by atoms with E-state index in [1.54, 1.807) is 18.2 Å². The molecular formula is C22H19N7O15S2. The summed E-state index contributed by atoms with van der Waals surface area (Å²) in [5.41, 5.74) is -0.00564. The van der Waals surface area contributed by atoms with Crippen molar-refractivity contribution >= 4 is 61.0 Å². The molecule has 0 atom stereocenters. The molecule has 4 rings (SSSR count). The highest BCUT2D eigenvalue weighted by Crippen LogP contribution is 2.45. The van der Waals surface area contributed by atoms with Crippen molar-refractivity contribution in [3.63, 3.8) is 0 Å². The molecule has 1 aliphatic rings. The minimum Gasteiger partial charge on any atom is -0.494 e. The summed E-state index contributed by atoms with van der Waals surface area (Å²) >= 11 is 0. The van der Waals surface area contributed by atoms with Gasteiger partial charge in [-0.05, 0) is 12.1 Å². The van der Waals surface area contributed by atoms with E-state index in [4.69, 9.17) is 9.47 Å². The summed E-state index contributed by atoms with van der Waals surface area (Å²) in [6, 6.07) is 10.7. The Morgan fingerprint density at radius 3 is 1.76 bits per heavy atom. The molecule has 244 valence electrons. The van der Waals surface area contributed by atoms with Crippen molar-refractivity contribution in [2.75, 3.05) is 29.8 Å². The number of nitrogens with one attached hydrogen (secondary N) is 2. The number of amides is 1. The first-order chi connectivity index (χ1) is 21.5. The van der Waals surface area contributed by atoms with Crippen molar-refractivity contribution in [3.8, 4) is 23.0 Å². The number of nitrogens with zero attached hydrogens (tertiary/aromatic N) is 5. The third kappa shape index (κ3) is 7.38. The molecule has 1 amide bonds. The van der Waals surface area contributed by atoms with Crippen LogP contribution in [0.15, 0.2) is 59.7 Å². The maximum atomic E-state index is 13.2. The molecule has 3 aromatic rings. The van der Waals surface area contributed by atoms with E-state index in [2.05, 4.69) is 24.2 Å². The number of nitro groups is 2. The normalized spacial score (nSPS) is 12.9. The second-order valence-electron chi connectivity index (χ2n) is 8.50. The Morgan fingerprint density at radius 2 is 1.30 bits per heavy atom. The molecule has 0 unspecified atom stereocenters. The van der Waals surface area contributed by atoms with Gasteiger partial charge in [0.1, 0.15) is 11.4 Å². The summed E-state index contributed by atoms with van der Waals surface area (Å²) < 4.78 is 83.6. The summed E-state index contributed by atoms with van der Waals surface area (Å²) in [5, 5.41) is 31.4. The van der Waals surface area contributed by atoms with Gasteiger partial charge in [-0.25, -0.2) is 0 Å². The molecule has 1 aliphatic heterocycles. The van der Waals surface area contributed by atoms with Crippen LogP contribution in [0.25, 0.3) is 0 Å². The van der Waals surface area contributed by atoms with Crippen LogP contribution in [0, 0.1) is 20.2 Å². The molecule has 0 saturated heterocycles. The van der Waals surface area contributed by atoms with Crippen LogP contribution in [0.5, 0.6) is 23.0 Å². The van der Waals surface area contributed by atoms with Gasteiger partial charge in [-0.1, -0.05) is 18.2 Å². The fraction of sp³-hybridized carbons (Fsp3) is 0.0909. The number of carbonyl (C=O) groups is 1. The van der Waals surface area contributed by atoms with E-state index in [9.17, 15) is 51.0 Å². The highest BCUT2D eigenvalue weighted by Gasteiger charge is 2.37. The van der Waals surface area contributed by atoms with Gasteiger partial charge in [-0.2, -0.15) is 22.0 Å². The first-order valence-electron chi connectivity index (χ1n) is 11.9. The highest BCUT2D eigenvalue weighted by molar-refractivity contribution is 7.81. The van der Waals surface area contributed by atoms with Gasteiger partial charge in [-0.15, -0.1) is 10.2 Å². The molecule has 1 heterocycles. The molecule has 4 N–H and O–H groups in total. The predicted octanol–water partition coefficient (Wildman–Crippen LogP) is 1.58. The third-order valence-electron chi connectivity index (χ3n) is 5.59. The predicted molar refractivity (Wildman–Crippen MR) is 154 cm³/mol. The standard InChI is InChI=1S/C22H19N7O15S2/c1-41-17-10-15(28(31)32)19(43-45(35,36)37)8-13(17)26-24-21(22(30)23-12-6-4-3-5-7-12)25-27(26)14-9-20(44-46(38,39)40)16(29(33)34)11-18(14)42-2/h3-11H,1-2H3,(H,23,30)(H,24,25)(H,35,36,37)(H,38,39,40). The van der Waals surface area contributed by atoms with Crippen molar-refractivity contribution in [3.05, 3.63) is 74.8 Å². The number of carbonyl (C=O) groups excluding carboxylic acids is 1. The second-order valence-corrected chi connectivity index (χ2v) is 10.5. The molecule has 0 fully saturated rings. The van der Waals surface area contributed by atoms with E-state index in [1.165, 1.54) is 12.1 Å². The lowest BCUT2D eigenvalue weighted by Gasteiger charge is -2.30. The minimum atomic E-state index is -5.34. The van der Waals surface area contributed by atoms with Crippen molar-refractivity contribution < 1.29 is 58.4 Å². The first kappa shape index (κ1) is 32.9. The fourth-order valence-corrected chi connectivity index (χ4v) is 4.53. The van der Waals surface area contributed by atoms with E-state index in [-0.39, 0.29) is 0 Å². The molecule has 24 heteroatoms. The second kappa shape index (κ2) is 12.6. The Morgan fingerprint density at radius 1 is 0.826 bits per heavy atom. The number of para-hydroxylation sites is 1. The third-order valence-corrected chi connectivity index (χ3v) is 6.37. The Kier molecular flexibility index (Phi) is 8.99. The average Bonchev–Trinajstić information content (AvgIpc) is 3.41. The van der Waals surface area contributed by atoms with Gasteiger partial charge >= 0.3 is 32.2 Å². The highest BCUT2D eigenvalue weighted by atomic mass is 32.3. The quantitative estimate of drug-likeness (QED) is 0.119. The largest absolute Gasteiger partial charge is 0.494 e. The maximum absolute atomic E-state index is 13.2. The monoisotopic (exact) mass is 685 g/mol. The van der Waals surface area contributed by atoms with Gasteiger partial charge in [-0.3, -0.25) is 39.6 Å². The zero-order chi connectivity index (χ0) is 34.0. The number of benzene rings is 3. The number of hydrazine groups is 2. The minimum absolute atomic E-state index is 0.301. The number of methoxy groups -OCH3 is 2. The molecule has 0 saturated carbocycles. The van der Waals surface area contributed by atoms with Crippen molar-refractivity contribution in [1.29, 1.82) is 0 Å². The maximum Gasteiger partial charge on any atom is 0.446 e. The topological polar surface area (TPSA) is 292 Å². The Hall–Kier alpha value is -5.98. The Balaban J connectivity index is 1.97. The van der Waals surface area contributed by atoms with E-state index >= 15 is 0 Å². The molecule has 0 radical (unpaired) electrons. The molecule has 0 spiro atoms. The van der Waals surface area contributed by atoms with Gasteiger partial charge in [0, 0.05) is 17.8 Å². The molecule has 0 aliphatic carbocycles. The van der Waals surface area contributed by atoms with Gasteiger partial charge in [0.15, 0.2) is 11.5 Å². The SMILES string of the molecule is COc1cc([N+](=O)[O-])c(OS(=O)(=O)O)cc1N1N=C(C(=O)Nc2ccccc2)NN1c1cc(OS(=O)(=O)O)c([N+](=O)[O-])cc1OC. The van der Waals surface area contributed by atoms with Crippen molar-refractivity contribution in [2.24, 2.45) is 5.10 Å². The smallest absolute Gasteiger partial charge is 0.446 e. The van der Waals surface area contributed by atoms with Gasteiger partial charge in [0.2, 0.25) is 17.3 Å². The van der Waals surface area contributed by atoms with E-state index in [0.29, 0.717) is 35.1 Å². The summed E-state index contributed by atoms with van der Waals surface area (Å²) in [4.78, 5) is 34.4. The number of hydrazone groups is 1. The number of amidine groups is 1. The average molecular weight is 686 g/mol. The molecular weight excluding hydrogens is 666 g/mol.